The lowest BCUT2D eigenvalue weighted by molar-refractivity contribution is -0.135. The van der Waals surface area contributed by atoms with Crippen LogP contribution in [0.5, 0.6) is 0 Å². The molecule has 3 aliphatic rings. The van der Waals surface area contributed by atoms with Gasteiger partial charge in [-0.3, -0.25) is 33.5 Å². The Morgan fingerprint density at radius 2 is 1.77 bits per heavy atom. The zero-order valence-electron chi connectivity index (χ0n) is 35.2. The molecular formula is C43H56F2N12O5. The second-order valence-electron chi connectivity index (χ2n) is 16.7. The van der Waals surface area contributed by atoms with Crippen LogP contribution in [0.3, 0.4) is 0 Å². The van der Waals surface area contributed by atoms with Gasteiger partial charge in [-0.05, 0) is 107 Å². The van der Waals surface area contributed by atoms with E-state index in [-0.39, 0.29) is 35.3 Å². The molecule has 2 aliphatic heterocycles. The van der Waals surface area contributed by atoms with Gasteiger partial charge in [0.25, 0.3) is 12.3 Å². The summed E-state index contributed by atoms with van der Waals surface area (Å²) in [6, 6.07) is 7.04. The summed E-state index contributed by atoms with van der Waals surface area (Å²) in [6.45, 7) is 6.45. The van der Waals surface area contributed by atoms with Crippen molar-refractivity contribution < 1.29 is 27.9 Å². The van der Waals surface area contributed by atoms with E-state index in [9.17, 15) is 28.0 Å². The summed E-state index contributed by atoms with van der Waals surface area (Å²) in [5.41, 5.74) is 2.43. The highest BCUT2D eigenvalue weighted by molar-refractivity contribution is 6.08. The molecule has 8 rings (SSSR count). The van der Waals surface area contributed by atoms with Gasteiger partial charge >= 0.3 is 5.69 Å². The largest absolute Gasteiger partial charge is 0.381 e. The second kappa shape index (κ2) is 19.7. The van der Waals surface area contributed by atoms with E-state index in [0.717, 1.165) is 114 Å². The number of unbranched alkanes of at least 4 members (excludes halogenated alkanes) is 2. The van der Waals surface area contributed by atoms with E-state index in [2.05, 4.69) is 41.3 Å². The quantitative estimate of drug-likeness (QED) is 0.0728. The summed E-state index contributed by atoms with van der Waals surface area (Å²) >= 11 is 0. The fraction of sp³-hybridized carbons (Fsp3) is 0.558. The summed E-state index contributed by atoms with van der Waals surface area (Å²) in [5, 5.41) is 20.4. The highest BCUT2D eigenvalue weighted by Crippen LogP contribution is 2.35. The molecule has 1 unspecified atom stereocenters. The Balaban J connectivity index is 0.709. The van der Waals surface area contributed by atoms with Gasteiger partial charge in [0.15, 0.2) is 11.3 Å². The fourth-order valence-corrected chi connectivity index (χ4v) is 8.93. The van der Waals surface area contributed by atoms with Crippen molar-refractivity contribution in [2.24, 2.45) is 13.0 Å². The van der Waals surface area contributed by atoms with Gasteiger partial charge in [0.2, 0.25) is 11.8 Å². The number of alkyl halides is 2. The first-order valence-corrected chi connectivity index (χ1v) is 21.9. The number of piperazine rings is 1. The van der Waals surface area contributed by atoms with Gasteiger partial charge in [0.05, 0.1) is 29.0 Å². The summed E-state index contributed by atoms with van der Waals surface area (Å²) < 4.78 is 40.4. The molecule has 19 heteroatoms. The van der Waals surface area contributed by atoms with Crippen LogP contribution < -0.4 is 31.9 Å². The average Bonchev–Trinajstić information content (AvgIpc) is 3.97. The minimum atomic E-state index is -2.85. The Kier molecular flexibility index (Phi) is 13.7. The maximum absolute atomic E-state index is 14.2. The number of rotatable bonds is 18. The number of anilines is 2. The van der Waals surface area contributed by atoms with Crippen molar-refractivity contribution in [3.05, 3.63) is 70.2 Å². The average molecular weight is 859 g/mol. The Morgan fingerprint density at radius 1 is 0.984 bits per heavy atom. The first-order valence-electron chi connectivity index (χ1n) is 21.9. The molecule has 1 atom stereocenters. The third kappa shape index (κ3) is 9.74. The van der Waals surface area contributed by atoms with Gasteiger partial charge < -0.3 is 25.6 Å². The smallest absolute Gasteiger partial charge is 0.329 e. The van der Waals surface area contributed by atoms with Gasteiger partial charge in [-0.1, -0.05) is 6.07 Å². The van der Waals surface area contributed by atoms with Crippen molar-refractivity contribution in [2.45, 2.75) is 89.1 Å². The van der Waals surface area contributed by atoms with Crippen molar-refractivity contribution in [3.8, 4) is 0 Å². The number of aryl methyl sites for hydroxylation is 2. The topological polar surface area (TPSA) is 187 Å². The van der Waals surface area contributed by atoms with Crippen molar-refractivity contribution in [1.29, 1.82) is 0 Å². The van der Waals surface area contributed by atoms with Crippen LogP contribution in [0.2, 0.25) is 0 Å². The van der Waals surface area contributed by atoms with Gasteiger partial charge in [-0.25, -0.2) is 23.1 Å². The van der Waals surface area contributed by atoms with E-state index < -0.39 is 30.0 Å². The molecule has 5 aromatic rings. The van der Waals surface area contributed by atoms with Crippen LogP contribution in [-0.2, 0) is 27.8 Å². The second-order valence-corrected chi connectivity index (χ2v) is 16.7. The predicted octanol–water partition coefficient (Wildman–Crippen LogP) is 4.30. The van der Waals surface area contributed by atoms with E-state index in [1.165, 1.54) is 21.5 Å². The summed E-state index contributed by atoms with van der Waals surface area (Å²) in [6.07, 6.45) is 10.6. The molecule has 3 fully saturated rings. The van der Waals surface area contributed by atoms with Crippen molar-refractivity contribution >= 4 is 45.9 Å². The molecule has 332 valence electrons. The van der Waals surface area contributed by atoms with E-state index in [4.69, 9.17) is 4.74 Å². The molecule has 0 bridgehead atoms. The number of carbonyl (C=O) groups is 3. The van der Waals surface area contributed by atoms with E-state index in [1.807, 2.05) is 24.3 Å². The van der Waals surface area contributed by atoms with Crippen LogP contribution in [0, 0.1) is 5.92 Å². The molecule has 4 aromatic heterocycles. The molecule has 1 saturated carbocycles. The van der Waals surface area contributed by atoms with Crippen LogP contribution >= 0.6 is 0 Å². The predicted molar refractivity (Wildman–Crippen MR) is 229 cm³/mol. The fourth-order valence-electron chi connectivity index (χ4n) is 8.93. The summed E-state index contributed by atoms with van der Waals surface area (Å²) in [7, 11) is 1.71. The van der Waals surface area contributed by atoms with Crippen LogP contribution in [-0.4, -0.2) is 104 Å². The third-order valence-electron chi connectivity index (χ3n) is 12.5. The molecular weight excluding hydrogens is 803 g/mol. The minimum Gasteiger partial charge on any atom is -0.381 e. The zero-order chi connectivity index (χ0) is 43.2. The lowest BCUT2D eigenvalue weighted by atomic mass is 9.86. The normalized spacial score (nSPS) is 19.8. The third-order valence-corrected chi connectivity index (χ3v) is 12.5. The summed E-state index contributed by atoms with van der Waals surface area (Å²) in [5.74, 6) is -0.0729. The number of ether oxygens (including phenoxy) is 1. The van der Waals surface area contributed by atoms with Gasteiger partial charge in [0, 0.05) is 65.3 Å². The Bertz CT molecular complexity index is 2430. The number of hydrogen-bond acceptors (Lipinski definition) is 11. The SMILES string of the molecule is Cn1c(=O)n(C2CCC(=O)NC2=O)c2ccc(CCCCOCCCCNCC3CCC(n4cc(NC(=O)c5cnn6ccc(N7CCNCC7)nc56)c(C(F)F)n4)CC3)cc21. The number of aromatic nitrogens is 7. The first kappa shape index (κ1) is 43.1. The number of imide groups is 1. The maximum Gasteiger partial charge on any atom is 0.329 e. The number of nitrogens with zero attached hydrogens (tertiary/aromatic N) is 8. The van der Waals surface area contributed by atoms with Crippen molar-refractivity contribution in [1.82, 2.24) is 49.5 Å². The van der Waals surface area contributed by atoms with Gasteiger partial charge in [-0.15, -0.1) is 0 Å². The highest BCUT2D eigenvalue weighted by atomic mass is 19.3. The molecule has 0 spiro atoms. The van der Waals surface area contributed by atoms with Crippen LogP contribution in [0.25, 0.3) is 16.7 Å². The van der Waals surface area contributed by atoms with Crippen molar-refractivity contribution in [3.63, 3.8) is 0 Å². The van der Waals surface area contributed by atoms with Crippen LogP contribution in [0.1, 0.15) is 104 Å². The molecule has 4 N–H and O–H groups in total. The van der Waals surface area contributed by atoms with Gasteiger partial charge in [-0.2, -0.15) is 10.2 Å². The number of nitrogens with one attached hydrogen (secondary N) is 4. The molecule has 17 nitrogen and oxygen atoms in total. The lowest BCUT2D eigenvalue weighted by Gasteiger charge is -2.29. The number of fused-ring (bicyclic) bond motifs is 2. The number of carbonyl (C=O) groups excluding carboxylic acids is 3. The van der Waals surface area contributed by atoms with E-state index >= 15 is 0 Å². The van der Waals surface area contributed by atoms with Gasteiger partial charge in [0.1, 0.15) is 17.4 Å². The monoisotopic (exact) mass is 858 g/mol. The maximum atomic E-state index is 14.2. The number of hydrogen-bond donors (Lipinski definition) is 4. The number of amides is 3. The van der Waals surface area contributed by atoms with Crippen molar-refractivity contribution in [2.75, 3.05) is 62.7 Å². The molecule has 2 saturated heterocycles. The van der Waals surface area contributed by atoms with Crippen LogP contribution in [0.4, 0.5) is 20.3 Å². The minimum absolute atomic E-state index is 0.000925. The Morgan fingerprint density at radius 3 is 2.55 bits per heavy atom. The number of benzene rings is 1. The number of halogens is 2. The van der Waals surface area contributed by atoms with E-state index in [0.29, 0.717) is 36.7 Å². The number of piperidine rings is 1. The molecule has 1 aromatic carbocycles. The molecule has 3 amide bonds. The Hall–Kier alpha value is -5.53. The zero-order valence-corrected chi connectivity index (χ0v) is 35.2. The Labute approximate surface area is 357 Å². The molecule has 0 radical (unpaired) electrons. The first-order chi connectivity index (χ1) is 30.1. The lowest BCUT2D eigenvalue weighted by Crippen LogP contribution is -2.44. The van der Waals surface area contributed by atoms with E-state index in [1.54, 1.807) is 22.5 Å². The standard InChI is InChI=1S/C43H56F2N12O5/c1-53-35-24-28(9-12-33(35)57(43(53)61)34-13-14-37(58)51-42(34)60)6-2-4-22-62-23-5-3-16-47-25-29-7-10-30(11-8-29)56-27-32(38(52-56)39(44)45)49-41(59)31-26-48-55-19-15-36(50-40(31)55)54-20-17-46-18-21-54/h9,12,15,19,24,26-27,29-30,34,39,46-47H,2-8,10-11,13-14,16-18,20-23,25H2,1H3,(H,49,59)(H,51,58,60). The molecule has 62 heavy (non-hydrogen) atoms. The highest BCUT2D eigenvalue weighted by Gasteiger charge is 2.32. The number of imidazole rings is 1. The molecule has 6 heterocycles. The van der Waals surface area contributed by atoms with Crippen LogP contribution in [0.15, 0.2) is 47.7 Å². The molecule has 1 aliphatic carbocycles. The summed E-state index contributed by atoms with van der Waals surface area (Å²) in [4.78, 5) is 57.3.